The summed E-state index contributed by atoms with van der Waals surface area (Å²) in [7, 11) is -4.08. The van der Waals surface area contributed by atoms with Crippen LogP contribution in [0.5, 0.6) is 0 Å². The van der Waals surface area contributed by atoms with Gasteiger partial charge in [0.15, 0.2) is 5.82 Å². The number of nitrogens with one attached hydrogen (secondary N) is 1. The first-order chi connectivity index (χ1) is 9.74. The third-order valence-corrected chi connectivity index (χ3v) is 6.40. The molecule has 4 N–H and O–H groups in total. The number of halogens is 3. The van der Waals surface area contributed by atoms with Crippen LogP contribution in [0.3, 0.4) is 0 Å². The van der Waals surface area contributed by atoms with Crippen molar-refractivity contribution in [2.45, 2.75) is 30.3 Å². The van der Waals surface area contributed by atoms with Crippen molar-refractivity contribution in [3.05, 3.63) is 21.4 Å². The van der Waals surface area contributed by atoms with Crippen LogP contribution in [0, 0.1) is 11.7 Å². The minimum absolute atomic E-state index is 0.00942. The first-order valence-electron chi connectivity index (χ1n) is 6.34. The first-order valence-corrected chi connectivity index (χ1v) is 9.00. The third kappa shape index (κ3) is 3.50. The molecule has 0 radical (unpaired) electrons. The van der Waals surface area contributed by atoms with Crippen LogP contribution in [0.15, 0.2) is 15.4 Å². The quantitative estimate of drug-likeness (QED) is 0.533. The maximum absolute atomic E-state index is 14.0. The van der Waals surface area contributed by atoms with E-state index in [-0.39, 0.29) is 27.6 Å². The molecule has 2 atom stereocenters. The smallest absolute Gasteiger partial charge is 0.243 e. The summed E-state index contributed by atoms with van der Waals surface area (Å²) >= 11 is 8.81. The van der Waals surface area contributed by atoms with Gasteiger partial charge in [0.1, 0.15) is 4.90 Å². The number of anilines is 1. The van der Waals surface area contributed by atoms with E-state index in [1.165, 1.54) is 0 Å². The first kappa shape index (κ1) is 17.0. The van der Waals surface area contributed by atoms with Gasteiger partial charge in [0.05, 0.1) is 21.3 Å². The summed E-state index contributed by atoms with van der Waals surface area (Å²) in [5.74, 6) is -1.21. The van der Waals surface area contributed by atoms with Crippen molar-refractivity contribution >= 4 is 43.2 Å². The van der Waals surface area contributed by atoms with Crippen molar-refractivity contribution in [3.63, 3.8) is 0 Å². The second kappa shape index (κ2) is 6.37. The molecule has 0 amide bonds. The fraction of sp³-hybridized carbons (Fsp3) is 0.500. The molecule has 118 valence electrons. The molecule has 0 saturated heterocycles. The highest BCUT2D eigenvalue weighted by Gasteiger charge is 2.29. The fourth-order valence-electron chi connectivity index (χ4n) is 2.34. The maximum Gasteiger partial charge on any atom is 0.243 e. The summed E-state index contributed by atoms with van der Waals surface area (Å²) in [5.41, 5.74) is 5.12. The Bertz CT molecular complexity index is 656. The molecule has 0 aromatic heterocycles. The average molecular weight is 402 g/mol. The third-order valence-electron chi connectivity index (χ3n) is 3.60. The molecule has 0 spiro atoms. The van der Waals surface area contributed by atoms with Crippen molar-refractivity contribution in [2.24, 2.45) is 5.92 Å². The molecule has 2 unspecified atom stereocenters. The van der Waals surface area contributed by atoms with Crippen molar-refractivity contribution in [1.29, 1.82) is 0 Å². The Balaban J connectivity index is 2.24. The molecule has 1 saturated carbocycles. The summed E-state index contributed by atoms with van der Waals surface area (Å²) in [6.45, 7) is 0.0521. The van der Waals surface area contributed by atoms with Crippen LogP contribution in [0.1, 0.15) is 19.3 Å². The molecule has 1 fully saturated rings. The lowest BCUT2D eigenvalue weighted by Gasteiger charge is -2.16. The van der Waals surface area contributed by atoms with Gasteiger partial charge in [0.2, 0.25) is 10.0 Å². The van der Waals surface area contributed by atoms with E-state index in [1.54, 1.807) is 0 Å². The number of benzene rings is 1. The molecule has 1 aliphatic rings. The molecule has 0 heterocycles. The van der Waals surface area contributed by atoms with Gasteiger partial charge in [-0.2, -0.15) is 0 Å². The number of sulfonamides is 1. The zero-order valence-electron chi connectivity index (χ0n) is 10.9. The minimum atomic E-state index is -4.08. The standard InChI is InChI=1S/C12H15BrClFN2O3S/c13-10-7(14)4-9(11(15)12(10)16)21(19,20)17-5-6-2-1-3-8(6)18/h4,6,8,17-18H,1-3,5,16H2. The number of rotatable bonds is 4. The molecule has 21 heavy (non-hydrogen) atoms. The van der Waals surface area contributed by atoms with Gasteiger partial charge in [-0.15, -0.1) is 0 Å². The molecule has 1 aromatic rings. The van der Waals surface area contributed by atoms with E-state index in [4.69, 9.17) is 17.3 Å². The topological polar surface area (TPSA) is 92.4 Å². The van der Waals surface area contributed by atoms with E-state index >= 15 is 0 Å². The van der Waals surface area contributed by atoms with Crippen LogP contribution in [-0.2, 0) is 10.0 Å². The second-order valence-corrected chi connectivity index (χ2v) is 7.94. The number of hydrogen-bond acceptors (Lipinski definition) is 4. The Labute approximate surface area is 135 Å². The minimum Gasteiger partial charge on any atom is -0.395 e. The SMILES string of the molecule is Nc1c(F)c(S(=O)(=O)NCC2CCCC2O)cc(Cl)c1Br. The largest absolute Gasteiger partial charge is 0.395 e. The molecule has 1 aromatic carbocycles. The van der Waals surface area contributed by atoms with Gasteiger partial charge in [0.25, 0.3) is 0 Å². The monoisotopic (exact) mass is 400 g/mol. The molecular formula is C12H15BrClFN2O3S. The van der Waals surface area contributed by atoms with E-state index in [1.807, 2.05) is 0 Å². The van der Waals surface area contributed by atoms with E-state index < -0.39 is 26.8 Å². The molecule has 2 rings (SSSR count). The Morgan fingerprint density at radius 3 is 2.76 bits per heavy atom. The molecular weight excluding hydrogens is 387 g/mol. The summed E-state index contributed by atoms with van der Waals surface area (Å²) in [4.78, 5) is -0.597. The second-order valence-electron chi connectivity index (χ2n) is 5.01. The van der Waals surface area contributed by atoms with Crippen molar-refractivity contribution in [1.82, 2.24) is 4.72 Å². The number of nitrogen functional groups attached to an aromatic ring is 1. The van der Waals surface area contributed by atoms with Gasteiger partial charge < -0.3 is 10.8 Å². The highest BCUT2D eigenvalue weighted by molar-refractivity contribution is 9.10. The fourth-order valence-corrected chi connectivity index (χ4v) is 4.12. The summed E-state index contributed by atoms with van der Waals surface area (Å²) in [5, 5.41) is 9.69. The highest BCUT2D eigenvalue weighted by Crippen LogP contribution is 2.34. The summed E-state index contributed by atoms with van der Waals surface area (Å²) < 4.78 is 40.8. The summed E-state index contributed by atoms with van der Waals surface area (Å²) in [6.07, 6.45) is 1.70. The number of aliphatic hydroxyl groups excluding tert-OH is 1. The van der Waals surface area contributed by atoms with Gasteiger partial charge in [-0.05, 0) is 40.8 Å². The lowest BCUT2D eigenvalue weighted by Crippen LogP contribution is -2.33. The number of aliphatic hydroxyl groups is 1. The van der Waals surface area contributed by atoms with Crippen molar-refractivity contribution in [2.75, 3.05) is 12.3 Å². The van der Waals surface area contributed by atoms with Crippen LogP contribution in [0.2, 0.25) is 5.02 Å². The van der Waals surface area contributed by atoms with Crippen molar-refractivity contribution in [3.8, 4) is 0 Å². The molecule has 9 heteroatoms. The normalized spacial score (nSPS) is 22.7. The Hall–Kier alpha value is -0.410. The molecule has 0 bridgehead atoms. The maximum atomic E-state index is 14.0. The van der Waals surface area contributed by atoms with Gasteiger partial charge in [0, 0.05) is 6.54 Å². The lowest BCUT2D eigenvalue weighted by molar-refractivity contribution is 0.134. The van der Waals surface area contributed by atoms with Gasteiger partial charge >= 0.3 is 0 Å². The van der Waals surface area contributed by atoms with Crippen LogP contribution in [0.25, 0.3) is 0 Å². The Morgan fingerprint density at radius 1 is 1.52 bits per heavy atom. The predicted molar refractivity (Wildman–Crippen MR) is 82.1 cm³/mol. The Morgan fingerprint density at radius 2 is 2.19 bits per heavy atom. The van der Waals surface area contributed by atoms with Crippen LogP contribution < -0.4 is 10.5 Å². The van der Waals surface area contributed by atoms with E-state index in [9.17, 15) is 17.9 Å². The lowest BCUT2D eigenvalue weighted by atomic mass is 10.1. The van der Waals surface area contributed by atoms with Gasteiger partial charge in [-0.1, -0.05) is 18.0 Å². The van der Waals surface area contributed by atoms with Crippen LogP contribution in [-0.4, -0.2) is 26.2 Å². The summed E-state index contributed by atoms with van der Waals surface area (Å²) in [6, 6.07) is 1.00. The molecule has 5 nitrogen and oxygen atoms in total. The van der Waals surface area contributed by atoms with Crippen LogP contribution in [0.4, 0.5) is 10.1 Å². The van der Waals surface area contributed by atoms with E-state index in [0.29, 0.717) is 6.42 Å². The highest BCUT2D eigenvalue weighted by atomic mass is 79.9. The van der Waals surface area contributed by atoms with E-state index in [2.05, 4.69) is 20.7 Å². The Kier molecular flexibility index (Phi) is 5.15. The number of hydrogen-bond donors (Lipinski definition) is 3. The molecule has 1 aliphatic carbocycles. The zero-order valence-corrected chi connectivity index (χ0v) is 14.1. The van der Waals surface area contributed by atoms with Crippen molar-refractivity contribution < 1.29 is 17.9 Å². The van der Waals surface area contributed by atoms with Crippen LogP contribution >= 0.6 is 27.5 Å². The predicted octanol–water partition coefficient (Wildman–Crippen LogP) is 2.26. The van der Waals surface area contributed by atoms with E-state index in [0.717, 1.165) is 18.9 Å². The number of nitrogens with two attached hydrogens (primary N) is 1. The molecule has 0 aliphatic heterocycles. The van der Waals surface area contributed by atoms with Gasteiger partial charge in [-0.25, -0.2) is 17.5 Å². The average Bonchev–Trinajstić information content (AvgIpc) is 2.83. The van der Waals surface area contributed by atoms with Gasteiger partial charge in [-0.3, -0.25) is 0 Å². The zero-order chi connectivity index (χ0) is 15.8.